The third-order valence-electron chi connectivity index (χ3n) is 3.93. The molecule has 0 spiro atoms. The summed E-state index contributed by atoms with van der Waals surface area (Å²) in [5, 5.41) is 0. The Kier molecular flexibility index (Phi) is 7.32. The molecule has 29 heavy (non-hydrogen) atoms. The van der Waals surface area contributed by atoms with Crippen LogP contribution < -0.4 is 15.0 Å². The summed E-state index contributed by atoms with van der Waals surface area (Å²) in [5.74, 6) is 3.37. The lowest BCUT2D eigenvalue weighted by Gasteiger charge is -2.16. The number of benzene rings is 2. The smallest absolute Gasteiger partial charge is 0.251 e. The summed E-state index contributed by atoms with van der Waals surface area (Å²) in [4.78, 5) is 19.9. The number of nitrogens with one attached hydrogen (secondary N) is 1. The second-order valence-corrected chi connectivity index (χ2v) is 7.70. The molecular formula is C22H24N2O4S. The zero-order valence-corrected chi connectivity index (χ0v) is 17.5. The molecule has 0 aliphatic carbocycles. The normalized spacial score (nSPS) is 11.8. The van der Waals surface area contributed by atoms with Gasteiger partial charge in [0, 0.05) is 35.9 Å². The van der Waals surface area contributed by atoms with Crippen molar-refractivity contribution >= 4 is 11.8 Å². The number of rotatable bonds is 9. The zero-order chi connectivity index (χ0) is 20.6. The summed E-state index contributed by atoms with van der Waals surface area (Å²) in [7, 11) is 1.63. The molecule has 152 valence electrons. The molecule has 0 bridgehead atoms. The first-order chi connectivity index (χ1) is 14.1. The van der Waals surface area contributed by atoms with Crippen molar-refractivity contribution < 1.29 is 14.2 Å². The summed E-state index contributed by atoms with van der Waals surface area (Å²) in [6, 6.07) is 14.7. The number of methoxy groups -OCH3 is 1. The van der Waals surface area contributed by atoms with Crippen molar-refractivity contribution in [2.24, 2.45) is 0 Å². The molecule has 2 aromatic carbocycles. The van der Waals surface area contributed by atoms with Crippen LogP contribution in [0.5, 0.6) is 17.2 Å². The third-order valence-corrected chi connectivity index (χ3v) is 4.83. The van der Waals surface area contributed by atoms with Gasteiger partial charge in [0.2, 0.25) is 0 Å². The quantitative estimate of drug-likeness (QED) is 0.511. The Bertz CT molecular complexity index is 989. The Morgan fingerprint density at radius 2 is 1.83 bits per heavy atom. The van der Waals surface area contributed by atoms with Gasteiger partial charge in [0.05, 0.1) is 6.61 Å². The van der Waals surface area contributed by atoms with Gasteiger partial charge in [-0.1, -0.05) is 6.92 Å². The van der Waals surface area contributed by atoms with Crippen LogP contribution in [0, 0.1) is 0 Å². The summed E-state index contributed by atoms with van der Waals surface area (Å²) in [5.41, 5.74) is 0.471. The standard InChI is InChI=1S/C22H24N2O4S/c1-4-29-20-7-5-17(6-8-20)28-19-12-16(22-23-10-9-21(25)24-22)11-18(13-19)27-15(2)14-26-3/h5-13,15H,4,14H2,1-3H3,(H,23,24,25). The molecule has 1 atom stereocenters. The molecule has 1 heterocycles. The van der Waals surface area contributed by atoms with E-state index in [1.165, 1.54) is 17.2 Å². The molecule has 1 unspecified atom stereocenters. The summed E-state index contributed by atoms with van der Waals surface area (Å²) in [6.07, 6.45) is 1.33. The van der Waals surface area contributed by atoms with E-state index in [2.05, 4.69) is 16.9 Å². The van der Waals surface area contributed by atoms with Crippen LogP contribution in [0.2, 0.25) is 0 Å². The second kappa shape index (κ2) is 10.1. The highest BCUT2D eigenvalue weighted by Gasteiger charge is 2.11. The third kappa shape index (κ3) is 6.10. The fourth-order valence-electron chi connectivity index (χ4n) is 2.76. The molecule has 6 nitrogen and oxygen atoms in total. The van der Waals surface area contributed by atoms with Gasteiger partial charge in [0.25, 0.3) is 5.56 Å². The maximum Gasteiger partial charge on any atom is 0.251 e. The van der Waals surface area contributed by atoms with E-state index < -0.39 is 0 Å². The summed E-state index contributed by atoms with van der Waals surface area (Å²) in [6.45, 7) is 4.50. The number of nitrogens with zero attached hydrogens (tertiary/aromatic N) is 1. The van der Waals surface area contributed by atoms with Crippen molar-refractivity contribution in [3.05, 3.63) is 65.1 Å². The molecule has 0 aliphatic heterocycles. The van der Waals surface area contributed by atoms with Gasteiger partial charge in [-0.15, -0.1) is 11.8 Å². The number of ether oxygens (including phenoxy) is 3. The first kappa shape index (κ1) is 21.0. The lowest BCUT2D eigenvalue weighted by molar-refractivity contribution is 0.0920. The molecule has 0 saturated carbocycles. The minimum Gasteiger partial charge on any atom is -0.488 e. The topological polar surface area (TPSA) is 73.4 Å². The predicted octanol–water partition coefficient (Wildman–Crippen LogP) is 4.75. The van der Waals surface area contributed by atoms with Crippen molar-refractivity contribution in [3.63, 3.8) is 0 Å². The molecule has 3 aromatic rings. The van der Waals surface area contributed by atoms with Gasteiger partial charge in [0.15, 0.2) is 0 Å². The zero-order valence-electron chi connectivity index (χ0n) is 16.7. The second-order valence-electron chi connectivity index (χ2n) is 6.37. The van der Waals surface area contributed by atoms with Crippen LogP contribution in [0.1, 0.15) is 13.8 Å². The Hall–Kier alpha value is -2.77. The SMILES string of the molecule is CCSc1ccc(Oc2cc(OC(C)COC)cc(-c3nccc(=O)[nH]3)c2)cc1. The first-order valence-corrected chi connectivity index (χ1v) is 10.3. The Labute approximate surface area is 174 Å². The fraction of sp³-hybridized carbons (Fsp3) is 0.273. The molecular weight excluding hydrogens is 388 g/mol. The van der Waals surface area contributed by atoms with Gasteiger partial charge < -0.3 is 19.2 Å². The molecule has 7 heteroatoms. The van der Waals surface area contributed by atoms with E-state index in [4.69, 9.17) is 14.2 Å². The van der Waals surface area contributed by atoms with Gasteiger partial charge in [-0.2, -0.15) is 0 Å². The molecule has 1 N–H and O–H groups in total. The largest absolute Gasteiger partial charge is 0.488 e. The molecule has 0 amide bonds. The van der Waals surface area contributed by atoms with Crippen LogP contribution in [-0.4, -0.2) is 35.5 Å². The Morgan fingerprint density at radius 3 is 2.52 bits per heavy atom. The maximum absolute atomic E-state index is 11.7. The van der Waals surface area contributed by atoms with Crippen LogP contribution in [0.4, 0.5) is 0 Å². The van der Waals surface area contributed by atoms with Crippen LogP contribution in [0.15, 0.2) is 64.4 Å². The average molecular weight is 413 g/mol. The number of H-pyrrole nitrogens is 1. The number of hydrogen-bond donors (Lipinski definition) is 1. The highest BCUT2D eigenvalue weighted by atomic mass is 32.2. The molecule has 0 fully saturated rings. The number of aromatic amines is 1. The Morgan fingerprint density at radius 1 is 1.07 bits per heavy atom. The van der Waals surface area contributed by atoms with Gasteiger partial charge in [-0.05, 0) is 49.1 Å². The highest BCUT2D eigenvalue weighted by molar-refractivity contribution is 7.99. The average Bonchev–Trinajstić information content (AvgIpc) is 2.70. The van der Waals surface area contributed by atoms with Crippen LogP contribution >= 0.6 is 11.8 Å². The number of aromatic nitrogens is 2. The van der Waals surface area contributed by atoms with Crippen LogP contribution in [0.3, 0.4) is 0 Å². The minimum absolute atomic E-state index is 0.142. The molecule has 0 saturated heterocycles. The van der Waals surface area contributed by atoms with Gasteiger partial charge in [-0.25, -0.2) is 4.98 Å². The van der Waals surface area contributed by atoms with Crippen LogP contribution in [-0.2, 0) is 4.74 Å². The lowest BCUT2D eigenvalue weighted by atomic mass is 10.2. The van der Waals surface area contributed by atoms with Crippen molar-refractivity contribution in [1.29, 1.82) is 0 Å². The van der Waals surface area contributed by atoms with E-state index in [0.29, 0.717) is 35.2 Å². The summed E-state index contributed by atoms with van der Waals surface area (Å²) < 4.78 is 17.1. The monoisotopic (exact) mass is 412 g/mol. The lowest BCUT2D eigenvalue weighted by Crippen LogP contribution is -2.18. The molecule has 3 rings (SSSR count). The Balaban J connectivity index is 1.91. The van der Waals surface area contributed by atoms with Crippen molar-refractivity contribution in [2.75, 3.05) is 19.5 Å². The summed E-state index contributed by atoms with van der Waals surface area (Å²) >= 11 is 1.78. The van der Waals surface area contributed by atoms with Crippen molar-refractivity contribution in [1.82, 2.24) is 9.97 Å². The van der Waals surface area contributed by atoms with Crippen LogP contribution in [0.25, 0.3) is 11.4 Å². The van der Waals surface area contributed by atoms with Gasteiger partial charge in [-0.3, -0.25) is 4.79 Å². The van der Waals surface area contributed by atoms with E-state index in [1.54, 1.807) is 18.9 Å². The number of hydrogen-bond acceptors (Lipinski definition) is 6. The highest BCUT2D eigenvalue weighted by Crippen LogP contribution is 2.32. The molecule has 1 aromatic heterocycles. The number of thioether (sulfide) groups is 1. The van der Waals surface area contributed by atoms with E-state index in [9.17, 15) is 4.79 Å². The minimum atomic E-state index is -0.222. The first-order valence-electron chi connectivity index (χ1n) is 9.34. The van der Waals surface area contributed by atoms with Gasteiger partial charge >= 0.3 is 0 Å². The van der Waals surface area contributed by atoms with E-state index in [0.717, 1.165) is 5.75 Å². The van der Waals surface area contributed by atoms with Gasteiger partial charge in [0.1, 0.15) is 29.2 Å². The van der Waals surface area contributed by atoms with Crippen molar-refractivity contribution in [2.45, 2.75) is 24.8 Å². The van der Waals surface area contributed by atoms with E-state index in [-0.39, 0.29) is 11.7 Å². The van der Waals surface area contributed by atoms with E-state index in [1.807, 2.05) is 49.4 Å². The predicted molar refractivity (Wildman–Crippen MR) is 115 cm³/mol. The van der Waals surface area contributed by atoms with E-state index >= 15 is 0 Å². The maximum atomic E-state index is 11.7. The molecule has 0 aliphatic rings. The fourth-order valence-corrected chi connectivity index (χ4v) is 3.42. The molecule has 0 radical (unpaired) electrons. The van der Waals surface area contributed by atoms with Crippen molar-refractivity contribution in [3.8, 4) is 28.6 Å².